The molecule has 1 N–H and O–H groups in total. The number of imidazole rings is 1. The minimum Gasteiger partial charge on any atom is -0.351 e. The van der Waals surface area contributed by atoms with Gasteiger partial charge in [0.1, 0.15) is 5.82 Å². The Kier molecular flexibility index (Phi) is 8.75. The molecule has 5 heteroatoms. The van der Waals surface area contributed by atoms with Crippen molar-refractivity contribution in [3.8, 4) is 0 Å². The van der Waals surface area contributed by atoms with Gasteiger partial charge in [0.25, 0.3) is 5.91 Å². The van der Waals surface area contributed by atoms with E-state index in [1.54, 1.807) is 0 Å². The lowest BCUT2D eigenvalue weighted by Crippen LogP contribution is -2.23. The molecule has 3 rings (SSSR count). The number of unbranched alkanes of at least 4 members (excludes halogenated alkanes) is 6. The van der Waals surface area contributed by atoms with E-state index < -0.39 is 0 Å². The zero-order valence-electron chi connectivity index (χ0n) is 17.5. The first kappa shape index (κ1) is 21.6. The van der Waals surface area contributed by atoms with E-state index in [1.807, 2.05) is 17.5 Å². The zero-order valence-corrected chi connectivity index (χ0v) is 18.3. The molecular weight excluding hydrogens is 378 g/mol. The third kappa shape index (κ3) is 6.43. The van der Waals surface area contributed by atoms with Crippen LogP contribution in [0.5, 0.6) is 0 Å². The van der Waals surface area contributed by atoms with Crippen LogP contribution >= 0.6 is 11.3 Å². The monoisotopic (exact) mass is 411 g/mol. The van der Waals surface area contributed by atoms with E-state index in [4.69, 9.17) is 4.98 Å². The van der Waals surface area contributed by atoms with Gasteiger partial charge in [-0.05, 0) is 42.8 Å². The largest absolute Gasteiger partial charge is 0.351 e. The van der Waals surface area contributed by atoms with Gasteiger partial charge in [-0.2, -0.15) is 0 Å². The number of thiophene rings is 1. The van der Waals surface area contributed by atoms with Crippen molar-refractivity contribution >= 4 is 28.3 Å². The Morgan fingerprint density at radius 2 is 1.83 bits per heavy atom. The molecule has 0 spiro atoms. The van der Waals surface area contributed by atoms with Crippen LogP contribution in [0.4, 0.5) is 0 Å². The van der Waals surface area contributed by atoms with Crippen molar-refractivity contribution in [2.75, 3.05) is 6.54 Å². The first-order valence-electron chi connectivity index (χ1n) is 11.1. The van der Waals surface area contributed by atoms with Crippen LogP contribution in [-0.4, -0.2) is 22.0 Å². The van der Waals surface area contributed by atoms with Crippen molar-refractivity contribution in [2.24, 2.45) is 0 Å². The summed E-state index contributed by atoms with van der Waals surface area (Å²) >= 11 is 1.49. The summed E-state index contributed by atoms with van der Waals surface area (Å²) in [6, 6.07) is 12.3. The van der Waals surface area contributed by atoms with Gasteiger partial charge in [0.15, 0.2) is 0 Å². The average Bonchev–Trinajstić information content (AvgIpc) is 3.39. The van der Waals surface area contributed by atoms with E-state index in [2.05, 4.69) is 41.1 Å². The van der Waals surface area contributed by atoms with Crippen LogP contribution in [0, 0.1) is 0 Å². The molecule has 1 amide bonds. The predicted octanol–water partition coefficient (Wildman–Crippen LogP) is 6.21. The van der Waals surface area contributed by atoms with Gasteiger partial charge in [-0.1, -0.05) is 57.2 Å². The summed E-state index contributed by atoms with van der Waals surface area (Å²) in [4.78, 5) is 17.6. The number of carbonyl (C=O) groups is 1. The number of fused-ring (bicyclic) bond motifs is 1. The fourth-order valence-corrected chi connectivity index (χ4v) is 4.36. The van der Waals surface area contributed by atoms with E-state index in [0.29, 0.717) is 0 Å². The third-order valence-electron chi connectivity index (χ3n) is 5.33. The third-order valence-corrected chi connectivity index (χ3v) is 6.20. The van der Waals surface area contributed by atoms with E-state index >= 15 is 0 Å². The summed E-state index contributed by atoms with van der Waals surface area (Å²) in [5.74, 6) is 1.26. The number of amides is 1. The summed E-state index contributed by atoms with van der Waals surface area (Å²) in [7, 11) is 0. The quantitative estimate of drug-likeness (QED) is 0.340. The van der Waals surface area contributed by atoms with Crippen LogP contribution in [0.2, 0.25) is 0 Å². The molecule has 0 aliphatic heterocycles. The van der Waals surface area contributed by atoms with Gasteiger partial charge in [-0.15, -0.1) is 11.3 Å². The zero-order chi connectivity index (χ0) is 20.3. The number of aryl methyl sites for hydroxylation is 2. The molecule has 0 aliphatic rings. The smallest absolute Gasteiger partial charge is 0.261 e. The summed E-state index contributed by atoms with van der Waals surface area (Å²) < 4.78 is 2.43. The Bertz CT molecular complexity index is 870. The molecule has 1 aromatic carbocycles. The molecule has 0 unspecified atom stereocenters. The second-order valence-corrected chi connectivity index (χ2v) is 8.57. The van der Waals surface area contributed by atoms with Gasteiger partial charge < -0.3 is 9.88 Å². The molecule has 0 aliphatic carbocycles. The van der Waals surface area contributed by atoms with Gasteiger partial charge in [0, 0.05) is 19.5 Å². The Labute approximate surface area is 178 Å². The topological polar surface area (TPSA) is 46.9 Å². The maximum absolute atomic E-state index is 12.0. The van der Waals surface area contributed by atoms with Crippen LogP contribution in [-0.2, 0) is 13.0 Å². The molecule has 29 heavy (non-hydrogen) atoms. The number of rotatable bonds is 13. The van der Waals surface area contributed by atoms with Crippen LogP contribution in [0.3, 0.4) is 0 Å². The van der Waals surface area contributed by atoms with Gasteiger partial charge >= 0.3 is 0 Å². The van der Waals surface area contributed by atoms with E-state index in [-0.39, 0.29) is 5.91 Å². The highest BCUT2D eigenvalue weighted by Crippen LogP contribution is 2.19. The predicted molar refractivity (Wildman–Crippen MR) is 123 cm³/mol. The van der Waals surface area contributed by atoms with Crippen molar-refractivity contribution < 1.29 is 4.79 Å². The second kappa shape index (κ2) is 11.8. The van der Waals surface area contributed by atoms with Crippen molar-refractivity contribution in [1.29, 1.82) is 0 Å². The number of benzene rings is 1. The van der Waals surface area contributed by atoms with Gasteiger partial charge in [0.05, 0.1) is 15.9 Å². The van der Waals surface area contributed by atoms with Crippen LogP contribution in [0.25, 0.3) is 11.0 Å². The number of nitrogens with one attached hydrogen (secondary N) is 1. The molecule has 0 bridgehead atoms. The Balaban J connectivity index is 1.45. The lowest BCUT2D eigenvalue weighted by atomic mass is 10.1. The minimum atomic E-state index is 0.0462. The number of carbonyl (C=O) groups excluding carboxylic acids is 1. The highest BCUT2D eigenvalue weighted by molar-refractivity contribution is 7.12. The minimum absolute atomic E-state index is 0.0462. The fourth-order valence-electron chi connectivity index (χ4n) is 3.72. The standard InChI is InChI=1S/C24H33N3OS/c1-2-3-4-5-11-18-27-21-14-9-8-13-20(21)26-23(27)16-7-6-10-17-25-24(28)22-15-12-19-29-22/h8-9,12-15,19H,2-7,10-11,16-18H2,1H3,(H,25,28). The molecule has 0 saturated heterocycles. The van der Waals surface area contributed by atoms with Gasteiger partial charge in [0.2, 0.25) is 0 Å². The summed E-state index contributed by atoms with van der Waals surface area (Å²) in [5.41, 5.74) is 2.38. The summed E-state index contributed by atoms with van der Waals surface area (Å²) in [6.07, 6.45) is 10.7. The van der Waals surface area contributed by atoms with Crippen LogP contribution < -0.4 is 5.32 Å². The van der Waals surface area contributed by atoms with Gasteiger partial charge in [-0.3, -0.25) is 4.79 Å². The van der Waals surface area contributed by atoms with E-state index in [9.17, 15) is 4.79 Å². The molecule has 156 valence electrons. The molecule has 4 nitrogen and oxygen atoms in total. The van der Waals surface area contributed by atoms with Crippen molar-refractivity contribution in [1.82, 2.24) is 14.9 Å². The fraction of sp³-hybridized carbons (Fsp3) is 0.500. The molecule has 2 heterocycles. The van der Waals surface area contributed by atoms with Gasteiger partial charge in [-0.25, -0.2) is 4.98 Å². The lowest BCUT2D eigenvalue weighted by Gasteiger charge is -2.09. The van der Waals surface area contributed by atoms with Crippen LogP contribution in [0.15, 0.2) is 41.8 Å². The SMILES string of the molecule is CCCCCCCn1c(CCCCCNC(=O)c2cccs2)nc2ccccc21. The Morgan fingerprint density at radius 1 is 1.00 bits per heavy atom. The molecule has 3 aromatic rings. The molecule has 0 radical (unpaired) electrons. The Morgan fingerprint density at radius 3 is 2.66 bits per heavy atom. The number of nitrogens with zero attached hydrogens (tertiary/aromatic N) is 2. The van der Waals surface area contributed by atoms with Crippen molar-refractivity contribution in [3.63, 3.8) is 0 Å². The Hall–Kier alpha value is -2.14. The average molecular weight is 412 g/mol. The summed E-state index contributed by atoms with van der Waals surface area (Å²) in [6.45, 7) is 4.07. The van der Waals surface area contributed by atoms with Crippen LogP contribution in [0.1, 0.15) is 73.8 Å². The maximum Gasteiger partial charge on any atom is 0.261 e. The van der Waals surface area contributed by atoms with Crippen molar-refractivity contribution in [3.05, 3.63) is 52.5 Å². The first-order chi connectivity index (χ1) is 14.3. The van der Waals surface area contributed by atoms with E-state index in [1.165, 1.54) is 54.8 Å². The highest BCUT2D eigenvalue weighted by Gasteiger charge is 2.10. The molecular formula is C24H33N3OS. The number of para-hydroxylation sites is 2. The van der Waals surface area contributed by atoms with E-state index in [0.717, 1.165) is 49.2 Å². The number of hydrogen-bond acceptors (Lipinski definition) is 3. The molecule has 0 atom stereocenters. The molecule has 0 saturated carbocycles. The lowest BCUT2D eigenvalue weighted by molar-refractivity contribution is 0.0957. The highest BCUT2D eigenvalue weighted by atomic mass is 32.1. The normalized spacial score (nSPS) is 11.2. The molecule has 0 fully saturated rings. The maximum atomic E-state index is 12.0. The molecule has 2 aromatic heterocycles. The summed E-state index contributed by atoms with van der Waals surface area (Å²) in [5, 5.41) is 4.95. The number of aromatic nitrogens is 2. The first-order valence-corrected chi connectivity index (χ1v) is 11.9. The number of hydrogen-bond donors (Lipinski definition) is 1. The van der Waals surface area contributed by atoms with Crippen molar-refractivity contribution in [2.45, 2.75) is 71.3 Å². The second-order valence-electron chi connectivity index (χ2n) is 7.63.